The Morgan fingerprint density at radius 3 is 2.20 bits per heavy atom. The van der Waals surface area contributed by atoms with Gasteiger partial charge in [0.25, 0.3) is 0 Å². The number of fused-ring (bicyclic) bond motifs is 1. The second-order valence-corrected chi connectivity index (χ2v) is 11.3. The van der Waals surface area contributed by atoms with Crippen LogP contribution >= 0.6 is 7.82 Å². The molecule has 0 fully saturated rings. The zero-order valence-corrected chi connectivity index (χ0v) is 27.9. The van der Waals surface area contributed by atoms with Gasteiger partial charge in [0.1, 0.15) is 11.5 Å². The molecule has 49 heavy (non-hydrogen) atoms. The van der Waals surface area contributed by atoms with Crippen LogP contribution in [0.5, 0.6) is 0 Å². The minimum absolute atomic E-state index is 0. The summed E-state index contributed by atoms with van der Waals surface area (Å²) in [5, 5.41) is 7.66. The van der Waals surface area contributed by atoms with Gasteiger partial charge in [-0.2, -0.15) is 36.5 Å². The Labute approximate surface area is 294 Å². The Balaban J connectivity index is 0.00000541. The molecule has 0 spiro atoms. The first-order chi connectivity index (χ1) is 22.5. The van der Waals surface area contributed by atoms with Crippen molar-refractivity contribution in [2.75, 3.05) is 13.2 Å². The van der Waals surface area contributed by atoms with E-state index in [1.165, 1.54) is 41.2 Å². The number of nitrogens with zero attached hydrogens (tertiary/aromatic N) is 5. The van der Waals surface area contributed by atoms with E-state index in [0.29, 0.717) is 17.8 Å². The number of pyridine rings is 1. The van der Waals surface area contributed by atoms with E-state index in [-0.39, 0.29) is 71.4 Å². The van der Waals surface area contributed by atoms with Gasteiger partial charge in [0.05, 0.1) is 47.0 Å². The van der Waals surface area contributed by atoms with Gasteiger partial charge in [-0.3, -0.25) is 4.52 Å². The van der Waals surface area contributed by atoms with Crippen LogP contribution in [-0.4, -0.2) is 83.3 Å². The topological polar surface area (TPSA) is 150 Å². The molecular formula is C29H21F7N5NaO6P. The monoisotopic (exact) mass is 722 g/mol. The Morgan fingerprint density at radius 2 is 1.57 bits per heavy atom. The number of aromatic nitrogens is 5. The maximum atomic E-state index is 14.4. The van der Waals surface area contributed by atoms with Crippen LogP contribution < -0.4 is 0 Å². The summed E-state index contributed by atoms with van der Waals surface area (Å²) in [4.78, 5) is 39.6. The summed E-state index contributed by atoms with van der Waals surface area (Å²) in [5.74, 6) is -1.52. The van der Waals surface area contributed by atoms with Crippen molar-refractivity contribution in [3.05, 3.63) is 95.7 Å². The molecule has 1 unspecified atom stereocenters. The number of alkyl halides is 6. The molecule has 1 aromatic heterocycles. The van der Waals surface area contributed by atoms with E-state index in [1.807, 2.05) is 0 Å². The summed E-state index contributed by atoms with van der Waals surface area (Å²) in [6.07, 6.45) is -7.63. The van der Waals surface area contributed by atoms with Crippen molar-refractivity contribution in [2.24, 2.45) is 0 Å². The number of rotatable bonds is 10. The molecule has 0 bridgehead atoms. The predicted octanol–water partition coefficient (Wildman–Crippen LogP) is 5.93. The van der Waals surface area contributed by atoms with Gasteiger partial charge in [0.15, 0.2) is 11.9 Å². The number of esters is 1. The first-order valence-corrected chi connectivity index (χ1v) is 15.1. The van der Waals surface area contributed by atoms with E-state index in [1.54, 1.807) is 6.07 Å². The molecule has 1 atom stereocenters. The number of carbonyl (C=O) groups is 1. The number of phosphoric ester groups is 1. The second-order valence-electron chi connectivity index (χ2n) is 10.0. The fourth-order valence-corrected chi connectivity index (χ4v) is 4.92. The number of benzene rings is 2. The third-order valence-electron chi connectivity index (χ3n) is 6.71. The normalized spacial score (nSPS) is 12.8. The van der Waals surface area contributed by atoms with Crippen LogP contribution in [0.2, 0.25) is 0 Å². The third-order valence-corrected chi connectivity index (χ3v) is 7.23. The number of imidazole rings is 1. The Kier molecular flexibility index (Phi) is 11.6. The number of phosphoric acid groups is 1. The predicted molar refractivity (Wildman–Crippen MR) is 157 cm³/mol. The zero-order chi connectivity index (χ0) is 34.9. The standard InChI is InChI=1S/C29H21F7N5O6P.Na/c30-20-5-2-1-4-18(20)26-37-22-10-11-41(15-24(22)38-26)25(27(42)46-12-3-13-47-48(43,44)45)23-9-8-21(39-40-23)17-7-6-16(28(31,32)33)14-19(17)29(34,35)36;/h1-2,4-11,14-15,25H,3,12-13H2,(H2,43,44,45);. The molecule has 2 N–H and O–H groups in total. The van der Waals surface area contributed by atoms with Gasteiger partial charge in [0.2, 0.25) is 0 Å². The van der Waals surface area contributed by atoms with Gasteiger partial charge in [0, 0.05) is 53.9 Å². The van der Waals surface area contributed by atoms with E-state index in [2.05, 4.69) is 24.7 Å². The molecule has 2 aromatic carbocycles. The minimum Gasteiger partial charge on any atom is -0.464 e. The average Bonchev–Trinajstić information content (AvgIpc) is 3.43. The molecule has 2 aliphatic rings. The molecule has 0 aliphatic carbocycles. The number of hydrogen-bond donors (Lipinski definition) is 2. The van der Waals surface area contributed by atoms with Crippen LogP contribution in [0.4, 0.5) is 30.7 Å². The maximum Gasteiger partial charge on any atom is 0.469 e. The van der Waals surface area contributed by atoms with Crippen molar-refractivity contribution in [1.29, 1.82) is 0 Å². The fraction of sp³-hybridized carbons (Fsp3) is 0.207. The van der Waals surface area contributed by atoms with Crippen LogP contribution in [0, 0.1) is 5.82 Å². The molecule has 1 radical (unpaired) electrons. The van der Waals surface area contributed by atoms with Crippen molar-refractivity contribution < 1.29 is 59.1 Å². The van der Waals surface area contributed by atoms with E-state index < -0.39 is 67.0 Å². The Hall–Kier alpha value is -3.77. The van der Waals surface area contributed by atoms with Gasteiger partial charge >= 0.3 is 26.1 Å². The van der Waals surface area contributed by atoms with Crippen molar-refractivity contribution in [2.45, 2.75) is 24.8 Å². The zero-order valence-electron chi connectivity index (χ0n) is 25.0. The summed E-state index contributed by atoms with van der Waals surface area (Å²) >= 11 is 0. The molecule has 20 heteroatoms. The largest absolute Gasteiger partial charge is 0.469 e. The molecule has 0 amide bonds. The van der Waals surface area contributed by atoms with Gasteiger partial charge in [-0.05, 0) is 42.5 Å². The molecular weight excluding hydrogens is 701 g/mol. The van der Waals surface area contributed by atoms with E-state index in [9.17, 15) is 40.1 Å². The van der Waals surface area contributed by atoms with Gasteiger partial charge in [-0.15, -0.1) is 0 Å². The van der Waals surface area contributed by atoms with E-state index >= 15 is 0 Å². The smallest absolute Gasteiger partial charge is 0.464 e. The SMILES string of the molecule is O=C(OCCCOP(=O)(O)O)C(c1ccc(-c2ccc(C(F)(F)F)cc2C(F)(F)F)nn1)n1ccc2nc(-c3ccccc3F)nc-2c1.[Na]. The average molecular weight is 722 g/mol. The van der Waals surface area contributed by atoms with Gasteiger partial charge in [-0.1, -0.05) is 18.2 Å². The molecule has 11 nitrogen and oxygen atoms in total. The molecule has 3 aromatic rings. The number of hydrogen-bond acceptors (Lipinski definition) is 8. The van der Waals surface area contributed by atoms with Crippen molar-refractivity contribution >= 4 is 43.3 Å². The fourth-order valence-electron chi connectivity index (χ4n) is 4.55. The first-order valence-electron chi connectivity index (χ1n) is 13.6. The Bertz CT molecular complexity index is 1950. The number of carbonyl (C=O) groups excluding carboxylic acids is 1. The second kappa shape index (κ2) is 15.0. The molecule has 0 saturated carbocycles. The molecule has 2 aliphatic heterocycles. The van der Waals surface area contributed by atoms with Gasteiger partial charge < -0.3 is 19.1 Å². The van der Waals surface area contributed by atoms with Gasteiger partial charge in [-0.25, -0.2) is 23.7 Å². The van der Waals surface area contributed by atoms with E-state index in [0.717, 1.165) is 12.1 Å². The summed E-state index contributed by atoms with van der Waals surface area (Å²) in [5.41, 5.74) is -3.81. The minimum atomic E-state index is -5.18. The van der Waals surface area contributed by atoms with Crippen LogP contribution in [-0.2, 0) is 31.0 Å². The molecule has 0 saturated heterocycles. The summed E-state index contributed by atoms with van der Waals surface area (Å²) in [6.45, 7) is -0.843. The molecule has 5 rings (SSSR count). The Morgan fingerprint density at radius 1 is 0.857 bits per heavy atom. The van der Waals surface area contributed by atoms with Crippen LogP contribution in [0.3, 0.4) is 0 Å². The summed E-state index contributed by atoms with van der Waals surface area (Å²) in [6, 6.07) is 8.94. The van der Waals surface area contributed by atoms with Crippen LogP contribution in [0.25, 0.3) is 34.0 Å². The van der Waals surface area contributed by atoms with E-state index in [4.69, 9.17) is 14.5 Å². The van der Waals surface area contributed by atoms with Crippen LogP contribution in [0.15, 0.2) is 73.1 Å². The maximum absolute atomic E-state index is 14.4. The summed E-state index contributed by atoms with van der Waals surface area (Å²) in [7, 11) is -4.77. The number of halogens is 7. The quantitative estimate of drug-likeness (QED) is 0.0584. The summed E-state index contributed by atoms with van der Waals surface area (Å²) < 4.78 is 117. The first kappa shape index (κ1) is 38.0. The third kappa shape index (κ3) is 9.27. The van der Waals surface area contributed by atoms with Crippen LogP contribution in [0.1, 0.15) is 29.3 Å². The van der Waals surface area contributed by atoms with Crippen molar-refractivity contribution in [1.82, 2.24) is 24.7 Å². The van der Waals surface area contributed by atoms with Crippen molar-refractivity contribution in [3.8, 4) is 34.0 Å². The van der Waals surface area contributed by atoms with Crippen molar-refractivity contribution in [3.63, 3.8) is 0 Å². The number of ether oxygens (including phenoxy) is 1. The molecule has 3 heterocycles. The molecule has 253 valence electrons.